The molecule has 0 bridgehead atoms. The summed E-state index contributed by atoms with van der Waals surface area (Å²) in [5.74, 6) is 0. The Balaban J connectivity index is 2.19. The van der Waals surface area contributed by atoms with Crippen molar-refractivity contribution in [3.05, 3.63) is 33.9 Å². The molecule has 0 amide bonds. The Morgan fingerprint density at radius 3 is 2.53 bits per heavy atom. The number of nitro benzene ring substituents is 1. The predicted octanol–water partition coefficient (Wildman–Crippen LogP) is 2.48. The van der Waals surface area contributed by atoms with Gasteiger partial charge in [0, 0.05) is 36.4 Å². The van der Waals surface area contributed by atoms with E-state index in [1.54, 1.807) is 12.1 Å². The van der Waals surface area contributed by atoms with E-state index >= 15 is 0 Å². The second-order valence-electron chi connectivity index (χ2n) is 5.53. The van der Waals surface area contributed by atoms with Gasteiger partial charge in [-0.2, -0.15) is 0 Å². The molecule has 104 valence electrons. The molecule has 19 heavy (non-hydrogen) atoms. The Morgan fingerprint density at radius 2 is 2.00 bits per heavy atom. The first-order valence-corrected chi connectivity index (χ1v) is 6.64. The van der Waals surface area contributed by atoms with Crippen molar-refractivity contribution >= 4 is 11.4 Å². The highest BCUT2D eigenvalue weighted by Gasteiger charge is 2.29. The highest BCUT2D eigenvalue weighted by atomic mass is 16.6. The Bertz CT molecular complexity index is 480. The Morgan fingerprint density at radius 1 is 1.37 bits per heavy atom. The Hall–Kier alpha value is -1.62. The number of nitro groups is 1. The highest BCUT2D eigenvalue weighted by molar-refractivity contribution is 5.59. The van der Waals surface area contributed by atoms with E-state index in [2.05, 4.69) is 17.1 Å². The number of non-ortho nitro benzene ring substituents is 1. The predicted molar refractivity (Wildman–Crippen MR) is 76.7 cm³/mol. The van der Waals surface area contributed by atoms with Crippen LogP contribution in [0, 0.1) is 17.0 Å². The Labute approximate surface area is 113 Å². The van der Waals surface area contributed by atoms with E-state index in [0.717, 1.165) is 37.2 Å². The maximum Gasteiger partial charge on any atom is 0.271 e. The number of rotatable bonds is 3. The third-order valence-electron chi connectivity index (χ3n) is 4.21. The molecule has 5 heteroatoms. The summed E-state index contributed by atoms with van der Waals surface area (Å²) in [5, 5.41) is 14.2. The van der Waals surface area contributed by atoms with Crippen LogP contribution in [-0.2, 0) is 0 Å². The zero-order valence-corrected chi connectivity index (χ0v) is 11.8. The molecule has 1 aromatic rings. The van der Waals surface area contributed by atoms with Crippen LogP contribution in [0.25, 0.3) is 0 Å². The summed E-state index contributed by atoms with van der Waals surface area (Å²) in [6.07, 6.45) is 2.09. The van der Waals surface area contributed by atoms with Crippen LogP contribution >= 0.6 is 0 Å². The summed E-state index contributed by atoms with van der Waals surface area (Å²) in [5.41, 5.74) is 2.44. The van der Waals surface area contributed by atoms with E-state index < -0.39 is 0 Å². The molecule has 1 N–H and O–H groups in total. The van der Waals surface area contributed by atoms with Crippen molar-refractivity contribution in [1.82, 2.24) is 5.32 Å². The molecular weight excluding hydrogens is 242 g/mol. The molecule has 0 unspecified atom stereocenters. The molecule has 0 radical (unpaired) electrons. The minimum Gasteiger partial charge on any atom is -0.371 e. The van der Waals surface area contributed by atoms with Gasteiger partial charge >= 0.3 is 0 Å². The van der Waals surface area contributed by atoms with E-state index in [1.807, 2.05) is 20.0 Å². The fraction of sp³-hybridized carbons (Fsp3) is 0.571. The average Bonchev–Trinajstić information content (AvgIpc) is 2.40. The molecule has 0 aliphatic carbocycles. The molecule has 0 saturated carbocycles. The summed E-state index contributed by atoms with van der Waals surface area (Å²) in [6.45, 7) is 6.09. The number of nitrogens with one attached hydrogen (secondary N) is 1. The van der Waals surface area contributed by atoms with Gasteiger partial charge in [-0.15, -0.1) is 0 Å². The first-order chi connectivity index (χ1) is 8.95. The van der Waals surface area contributed by atoms with Gasteiger partial charge in [-0.3, -0.25) is 10.1 Å². The van der Waals surface area contributed by atoms with Crippen LogP contribution in [0.5, 0.6) is 0 Å². The second kappa shape index (κ2) is 5.17. The van der Waals surface area contributed by atoms with E-state index in [9.17, 15) is 10.1 Å². The van der Waals surface area contributed by atoms with Gasteiger partial charge in [-0.1, -0.05) is 6.07 Å². The summed E-state index contributed by atoms with van der Waals surface area (Å²) in [4.78, 5) is 12.8. The van der Waals surface area contributed by atoms with Crippen molar-refractivity contribution in [1.29, 1.82) is 0 Å². The smallest absolute Gasteiger partial charge is 0.271 e. The third kappa shape index (κ3) is 2.87. The quantitative estimate of drug-likeness (QED) is 0.672. The number of hydrogen-bond donors (Lipinski definition) is 1. The monoisotopic (exact) mass is 263 g/mol. The number of anilines is 1. The summed E-state index contributed by atoms with van der Waals surface area (Å²) in [6, 6.07) is 5.09. The lowest BCUT2D eigenvalue weighted by molar-refractivity contribution is -0.384. The number of aryl methyl sites for hydroxylation is 1. The van der Waals surface area contributed by atoms with Gasteiger partial charge in [-0.25, -0.2) is 0 Å². The average molecular weight is 263 g/mol. The van der Waals surface area contributed by atoms with Crippen molar-refractivity contribution in [3.63, 3.8) is 0 Å². The van der Waals surface area contributed by atoms with Crippen molar-refractivity contribution in [2.45, 2.75) is 32.2 Å². The lowest BCUT2D eigenvalue weighted by Crippen LogP contribution is -2.50. The molecule has 1 saturated heterocycles. The van der Waals surface area contributed by atoms with Crippen molar-refractivity contribution in [3.8, 4) is 0 Å². The van der Waals surface area contributed by atoms with Gasteiger partial charge in [0.2, 0.25) is 0 Å². The first kappa shape index (κ1) is 13.8. The van der Waals surface area contributed by atoms with Crippen LogP contribution in [0.2, 0.25) is 0 Å². The fourth-order valence-corrected chi connectivity index (χ4v) is 2.54. The van der Waals surface area contributed by atoms with Crippen LogP contribution in [0.3, 0.4) is 0 Å². The van der Waals surface area contributed by atoms with Crippen LogP contribution in [0.1, 0.15) is 25.3 Å². The largest absolute Gasteiger partial charge is 0.371 e. The van der Waals surface area contributed by atoms with E-state index in [4.69, 9.17) is 0 Å². The number of hydrogen-bond acceptors (Lipinski definition) is 4. The molecule has 5 nitrogen and oxygen atoms in total. The van der Waals surface area contributed by atoms with Gasteiger partial charge < -0.3 is 10.2 Å². The lowest BCUT2D eigenvalue weighted by atomic mass is 9.89. The molecule has 0 atom stereocenters. The molecule has 1 fully saturated rings. The van der Waals surface area contributed by atoms with Crippen molar-refractivity contribution in [2.75, 3.05) is 25.0 Å². The van der Waals surface area contributed by atoms with Gasteiger partial charge in [0.15, 0.2) is 0 Å². The molecule has 1 aliphatic heterocycles. The maximum absolute atomic E-state index is 10.9. The molecule has 1 aromatic carbocycles. The minimum atomic E-state index is -0.329. The lowest BCUT2D eigenvalue weighted by Gasteiger charge is -2.40. The Kier molecular flexibility index (Phi) is 3.75. The van der Waals surface area contributed by atoms with Crippen LogP contribution in [-0.4, -0.2) is 30.6 Å². The zero-order chi connectivity index (χ0) is 14.0. The van der Waals surface area contributed by atoms with Crippen LogP contribution in [0.4, 0.5) is 11.4 Å². The van der Waals surface area contributed by atoms with Crippen molar-refractivity contribution < 1.29 is 4.92 Å². The maximum atomic E-state index is 10.9. The SMILES string of the molecule is CNC1(C)CCN(c2cc([N+](=O)[O-])ccc2C)CC1. The van der Waals surface area contributed by atoms with Gasteiger partial charge in [-0.05, 0) is 39.3 Å². The summed E-state index contributed by atoms with van der Waals surface area (Å²) < 4.78 is 0. The molecule has 1 heterocycles. The van der Waals surface area contributed by atoms with E-state index in [-0.39, 0.29) is 16.1 Å². The summed E-state index contributed by atoms with van der Waals surface area (Å²) >= 11 is 0. The highest BCUT2D eigenvalue weighted by Crippen LogP contribution is 2.30. The molecule has 1 aliphatic rings. The zero-order valence-electron chi connectivity index (χ0n) is 11.8. The number of piperidine rings is 1. The van der Waals surface area contributed by atoms with Gasteiger partial charge in [0.05, 0.1) is 4.92 Å². The number of nitrogens with zero attached hydrogens (tertiary/aromatic N) is 2. The topological polar surface area (TPSA) is 58.4 Å². The van der Waals surface area contributed by atoms with E-state index in [0.29, 0.717) is 0 Å². The number of benzene rings is 1. The molecule has 2 rings (SSSR count). The van der Waals surface area contributed by atoms with Crippen molar-refractivity contribution in [2.24, 2.45) is 0 Å². The second-order valence-corrected chi connectivity index (χ2v) is 5.53. The molecule has 0 spiro atoms. The fourth-order valence-electron chi connectivity index (χ4n) is 2.54. The van der Waals surface area contributed by atoms with Crippen LogP contribution in [0.15, 0.2) is 18.2 Å². The standard InChI is InChI=1S/C14H21N3O2/c1-11-4-5-12(17(18)19)10-13(11)16-8-6-14(2,15-3)7-9-16/h4-5,10,15H,6-9H2,1-3H3. The van der Waals surface area contributed by atoms with E-state index in [1.165, 1.54) is 0 Å². The minimum absolute atomic E-state index is 0.169. The summed E-state index contributed by atoms with van der Waals surface area (Å²) in [7, 11) is 1.99. The van der Waals surface area contributed by atoms with Crippen LogP contribution < -0.4 is 10.2 Å². The molecule has 0 aromatic heterocycles. The normalized spacial score (nSPS) is 18.4. The molecular formula is C14H21N3O2. The van der Waals surface area contributed by atoms with Gasteiger partial charge in [0.25, 0.3) is 5.69 Å². The first-order valence-electron chi connectivity index (χ1n) is 6.64. The third-order valence-corrected chi connectivity index (χ3v) is 4.21. The van der Waals surface area contributed by atoms with Gasteiger partial charge in [0.1, 0.15) is 0 Å².